The summed E-state index contributed by atoms with van der Waals surface area (Å²) < 4.78 is 29.6. The van der Waals surface area contributed by atoms with E-state index < -0.39 is 24.9 Å². The van der Waals surface area contributed by atoms with Gasteiger partial charge >= 0.3 is 6.09 Å². The third-order valence-corrected chi connectivity index (χ3v) is 2.83. The van der Waals surface area contributed by atoms with E-state index in [1.54, 1.807) is 13.8 Å². The fourth-order valence-electron chi connectivity index (χ4n) is 1.60. The minimum Gasteiger partial charge on any atom is -0.441 e. The van der Waals surface area contributed by atoms with E-state index in [1.807, 2.05) is 0 Å². The lowest BCUT2D eigenvalue weighted by molar-refractivity contribution is 0.0762. The molecule has 20 heavy (non-hydrogen) atoms. The van der Waals surface area contributed by atoms with Gasteiger partial charge in [-0.25, -0.2) is 13.6 Å². The van der Waals surface area contributed by atoms with Crippen molar-refractivity contribution in [1.29, 1.82) is 0 Å². The molecule has 6 heteroatoms. The molecule has 0 aliphatic carbocycles. The van der Waals surface area contributed by atoms with E-state index in [9.17, 15) is 18.4 Å². The average Bonchev–Trinajstić information content (AvgIpc) is 2.46. The SMILES string of the molecule is CCN(CC)C(=O)OCC(=O)c1ccc(C(F)F)cc1. The van der Waals surface area contributed by atoms with Crippen molar-refractivity contribution in [3.05, 3.63) is 35.4 Å². The molecule has 0 heterocycles. The fourth-order valence-corrected chi connectivity index (χ4v) is 1.60. The van der Waals surface area contributed by atoms with Gasteiger partial charge in [0.2, 0.25) is 0 Å². The molecule has 0 radical (unpaired) electrons. The Balaban J connectivity index is 2.56. The third kappa shape index (κ3) is 4.29. The number of amides is 1. The Morgan fingerprint density at radius 3 is 2.15 bits per heavy atom. The van der Waals surface area contributed by atoms with Crippen LogP contribution in [0, 0.1) is 0 Å². The molecule has 1 aromatic carbocycles. The van der Waals surface area contributed by atoms with E-state index >= 15 is 0 Å². The first kappa shape index (κ1) is 16.1. The van der Waals surface area contributed by atoms with Gasteiger partial charge in [-0.3, -0.25) is 4.79 Å². The molecule has 0 saturated heterocycles. The number of alkyl halides is 2. The van der Waals surface area contributed by atoms with E-state index in [0.29, 0.717) is 13.1 Å². The van der Waals surface area contributed by atoms with Crippen LogP contribution in [0.4, 0.5) is 13.6 Å². The zero-order valence-electron chi connectivity index (χ0n) is 11.4. The lowest BCUT2D eigenvalue weighted by atomic mass is 10.1. The smallest absolute Gasteiger partial charge is 0.410 e. The van der Waals surface area contributed by atoms with Crippen LogP contribution < -0.4 is 0 Å². The summed E-state index contributed by atoms with van der Waals surface area (Å²) >= 11 is 0. The number of rotatable bonds is 6. The van der Waals surface area contributed by atoms with Crippen LogP contribution in [-0.2, 0) is 4.74 Å². The molecule has 0 aliphatic rings. The first-order chi connectivity index (χ1) is 9.49. The van der Waals surface area contributed by atoms with Crippen molar-refractivity contribution < 1.29 is 23.1 Å². The number of ether oxygens (including phenoxy) is 1. The first-order valence-electron chi connectivity index (χ1n) is 6.32. The van der Waals surface area contributed by atoms with E-state index in [1.165, 1.54) is 29.2 Å². The zero-order chi connectivity index (χ0) is 15.1. The summed E-state index contributed by atoms with van der Waals surface area (Å²) in [5.74, 6) is -0.425. The van der Waals surface area contributed by atoms with Crippen molar-refractivity contribution >= 4 is 11.9 Å². The maximum atomic E-state index is 12.4. The van der Waals surface area contributed by atoms with E-state index in [4.69, 9.17) is 4.74 Å². The molecule has 1 amide bonds. The number of Topliss-reactive ketones (excluding diaryl/α,β-unsaturated/α-hetero) is 1. The van der Waals surface area contributed by atoms with Crippen LogP contribution in [0.3, 0.4) is 0 Å². The highest BCUT2D eigenvalue weighted by Gasteiger charge is 2.14. The van der Waals surface area contributed by atoms with Gasteiger partial charge in [0.1, 0.15) is 0 Å². The number of hydrogen-bond acceptors (Lipinski definition) is 3. The summed E-state index contributed by atoms with van der Waals surface area (Å²) in [6, 6.07) is 4.97. The first-order valence-corrected chi connectivity index (χ1v) is 6.32. The van der Waals surface area contributed by atoms with Gasteiger partial charge in [-0.2, -0.15) is 0 Å². The number of halogens is 2. The second-order valence-corrected chi connectivity index (χ2v) is 4.07. The standard InChI is InChI=1S/C14H17F2NO3/c1-3-17(4-2)14(19)20-9-12(18)10-5-7-11(8-6-10)13(15)16/h5-8,13H,3-4,9H2,1-2H3. The van der Waals surface area contributed by atoms with Crippen molar-refractivity contribution in [3.63, 3.8) is 0 Å². The molecule has 0 unspecified atom stereocenters. The van der Waals surface area contributed by atoms with Gasteiger partial charge < -0.3 is 9.64 Å². The molecule has 4 nitrogen and oxygen atoms in total. The Bertz CT molecular complexity index is 456. The maximum Gasteiger partial charge on any atom is 0.410 e. The van der Waals surface area contributed by atoms with Gasteiger partial charge in [0.15, 0.2) is 12.4 Å². The monoisotopic (exact) mass is 285 g/mol. The number of ketones is 1. The van der Waals surface area contributed by atoms with Crippen LogP contribution in [0.5, 0.6) is 0 Å². The van der Waals surface area contributed by atoms with Gasteiger partial charge in [-0.05, 0) is 13.8 Å². The summed E-state index contributed by atoms with van der Waals surface area (Å²) in [5.41, 5.74) is 0.0865. The van der Waals surface area contributed by atoms with Crippen molar-refractivity contribution in [1.82, 2.24) is 4.90 Å². The van der Waals surface area contributed by atoms with Crippen molar-refractivity contribution in [2.75, 3.05) is 19.7 Å². The highest BCUT2D eigenvalue weighted by Crippen LogP contribution is 2.18. The molecule has 110 valence electrons. The number of benzene rings is 1. The summed E-state index contributed by atoms with van der Waals surface area (Å²) in [7, 11) is 0. The number of nitrogens with zero attached hydrogens (tertiary/aromatic N) is 1. The molecule has 0 bridgehead atoms. The van der Waals surface area contributed by atoms with Crippen LogP contribution >= 0.6 is 0 Å². The summed E-state index contributed by atoms with van der Waals surface area (Å²) in [4.78, 5) is 24.7. The van der Waals surface area contributed by atoms with Crippen LogP contribution in [0.25, 0.3) is 0 Å². The Morgan fingerprint density at radius 2 is 1.70 bits per heavy atom. The van der Waals surface area contributed by atoms with Crippen LogP contribution in [0.15, 0.2) is 24.3 Å². The molecular formula is C14H17F2NO3. The van der Waals surface area contributed by atoms with Crippen molar-refractivity contribution in [2.24, 2.45) is 0 Å². The van der Waals surface area contributed by atoms with E-state index in [0.717, 1.165) is 0 Å². The Kier molecular flexibility index (Phi) is 6.09. The molecule has 0 aromatic heterocycles. The highest BCUT2D eigenvalue weighted by atomic mass is 19.3. The minimum absolute atomic E-state index is 0.151. The van der Waals surface area contributed by atoms with Gasteiger partial charge in [0, 0.05) is 24.2 Å². The van der Waals surface area contributed by atoms with Gasteiger partial charge in [0.05, 0.1) is 0 Å². The van der Waals surface area contributed by atoms with Crippen molar-refractivity contribution in [3.8, 4) is 0 Å². The molecule has 1 rings (SSSR count). The quantitative estimate of drug-likeness (QED) is 0.753. The van der Waals surface area contributed by atoms with Gasteiger partial charge in [0.25, 0.3) is 6.43 Å². The average molecular weight is 285 g/mol. The predicted octanol–water partition coefficient (Wildman–Crippen LogP) is 3.29. The lowest BCUT2D eigenvalue weighted by Gasteiger charge is -2.17. The second kappa shape index (κ2) is 7.57. The zero-order valence-corrected chi connectivity index (χ0v) is 11.4. The summed E-state index contributed by atoms with van der Waals surface area (Å²) in [6.45, 7) is 4.19. The summed E-state index contributed by atoms with van der Waals surface area (Å²) in [5, 5.41) is 0. The predicted molar refractivity (Wildman–Crippen MR) is 70.0 cm³/mol. The Hall–Kier alpha value is -1.98. The highest BCUT2D eigenvalue weighted by molar-refractivity contribution is 5.97. The lowest BCUT2D eigenvalue weighted by Crippen LogP contribution is -2.32. The van der Waals surface area contributed by atoms with Gasteiger partial charge in [-0.15, -0.1) is 0 Å². The number of carbonyl (C=O) groups is 2. The normalized spacial score (nSPS) is 10.4. The maximum absolute atomic E-state index is 12.4. The molecule has 0 aliphatic heterocycles. The molecular weight excluding hydrogens is 268 g/mol. The molecule has 0 atom stereocenters. The molecule has 0 N–H and O–H groups in total. The topological polar surface area (TPSA) is 46.6 Å². The fraction of sp³-hybridized carbons (Fsp3) is 0.429. The second-order valence-electron chi connectivity index (χ2n) is 4.07. The Labute approximate surface area is 116 Å². The van der Waals surface area contributed by atoms with Crippen LogP contribution in [-0.4, -0.2) is 36.5 Å². The summed E-state index contributed by atoms with van der Waals surface area (Å²) in [6.07, 6.45) is -3.13. The molecule has 0 spiro atoms. The number of hydrogen-bond donors (Lipinski definition) is 0. The number of carbonyl (C=O) groups excluding carboxylic acids is 2. The van der Waals surface area contributed by atoms with E-state index in [-0.39, 0.29) is 11.1 Å². The molecule has 0 fully saturated rings. The van der Waals surface area contributed by atoms with Gasteiger partial charge in [-0.1, -0.05) is 24.3 Å². The van der Waals surface area contributed by atoms with E-state index in [2.05, 4.69) is 0 Å². The minimum atomic E-state index is -2.57. The van der Waals surface area contributed by atoms with Crippen molar-refractivity contribution in [2.45, 2.75) is 20.3 Å². The third-order valence-electron chi connectivity index (χ3n) is 2.83. The molecule has 1 aromatic rings. The largest absolute Gasteiger partial charge is 0.441 e. The van der Waals surface area contributed by atoms with Crippen LogP contribution in [0.1, 0.15) is 36.2 Å². The van der Waals surface area contributed by atoms with Crippen LogP contribution in [0.2, 0.25) is 0 Å². The Morgan fingerprint density at radius 1 is 1.15 bits per heavy atom. The molecule has 0 saturated carbocycles.